The number of aromatic nitrogens is 3. The van der Waals surface area contributed by atoms with E-state index in [4.69, 9.17) is 9.47 Å². The Labute approximate surface area is 186 Å². The van der Waals surface area contributed by atoms with Crippen molar-refractivity contribution in [2.24, 2.45) is 0 Å². The van der Waals surface area contributed by atoms with E-state index in [0.717, 1.165) is 22.6 Å². The Balaban J connectivity index is 1.36. The van der Waals surface area contributed by atoms with Gasteiger partial charge in [-0.15, -0.1) is 0 Å². The van der Waals surface area contributed by atoms with Gasteiger partial charge in [0, 0.05) is 31.4 Å². The lowest BCUT2D eigenvalue weighted by molar-refractivity contribution is -0.117. The highest BCUT2D eigenvalue weighted by molar-refractivity contribution is 6.03. The molecular weight excluding hydrogens is 408 g/mol. The van der Waals surface area contributed by atoms with E-state index in [1.165, 1.54) is 0 Å². The largest absolute Gasteiger partial charge is 0.489 e. The van der Waals surface area contributed by atoms with Crippen molar-refractivity contribution in [3.8, 4) is 11.6 Å². The Bertz CT molecular complexity index is 1100. The summed E-state index contributed by atoms with van der Waals surface area (Å²) in [5, 5.41) is 6.15. The lowest BCUT2D eigenvalue weighted by Crippen LogP contribution is -2.44. The molecule has 0 radical (unpaired) electrons. The monoisotopic (exact) mass is 434 g/mol. The van der Waals surface area contributed by atoms with Gasteiger partial charge in [0.1, 0.15) is 24.1 Å². The molecule has 0 saturated heterocycles. The Morgan fingerprint density at radius 3 is 2.56 bits per heavy atom. The van der Waals surface area contributed by atoms with Gasteiger partial charge in [0.15, 0.2) is 5.82 Å². The molecule has 1 aliphatic rings. The molecule has 1 unspecified atom stereocenters. The third-order valence-corrected chi connectivity index (χ3v) is 5.40. The fraction of sp³-hybridized carbons (Fsp3) is 0.304. The Morgan fingerprint density at radius 2 is 1.88 bits per heavy atom. The number of anilines is 3. The first kappa shape index (κ1) is 21.4. The molecule has 9 nitrogen and oxygen atoms in total. The highest BCUT2D eigenvalue weighted by Crippen LogP contribution is 2.32. The third-order valence-electron chi connectivity index (χ3n) is 5.40. The number of carbonyl (C=O) groups excluding carboxylic acids is 1. The SMILES string of the molecule is COc1ccc(COc2ccc(CNc3nc(C)c4c(n3)N(C)C(C)C(=O)N4)cc2)cn1. The maximum Gasteiger partial charge on any atom is 0.246 e. The molecule has 2 N–H and O–H groups in total. The number of rotatable bonds is 7. The van der Waals surface area contributed by atoms with Crippen molar-refractivity contribution < 1.29 is 14.3 Å². The molecule has 4 rings (SSSR count). The van der Waals surface area contributed by atoms with Crippen molar-refractivity contribution in [1.29, 1.82) is 0 Å². The van der Waals surface area contributed by atoms with Crippen LogP contribution >= 0.6 is 0 Å². The van der Waals surface area contributed by atoms with Gasteiger partial charge in [0.2, 0.25) is 17.7 Å². The molecular formula is C23H26N6O3. The van der Waals surface area contributed by atoms with E-state index >= 15 is 0 Å². The minimum Gasteiger partial charge on any atom is -0.489 e. The fourth-order valence-corrected chi connectivity index (χ4v) is 3.29. The van der Waals surface area contributed by atoms with Gasteiger partial charge in [-0.05, 0) is 37.6 Å². The molecule has 1 aliphatic heterocycles. The second-order valence-electron chi connectivity index (χ2n) is 7.60. The number of benzene rings is 1. The zero-order valence-corrected chi connectivity index (χ0v) is 18.5. The number of nitrogens with one attached hydrogen (secondary N) is 2. The molecule has 1 amide bonds. The van der Waals surface area contributed by atoms with Gasteiger partial charge in [-0.1, -0.05) is 12.1 Å². The summed E-state index contributed by atoms with van der Waals surface area (Å²) in [5.74, 6) is 2.53. The van der Waals surface area contributed by atoms with Crippen LogP contribution in [0.25, 0.3) is 0 Å². The zero-order valence-electron chi connectivity index (χ0n) is 18.5. The number of likely N-dealkylation sites (N-methyl/N-ethyl adjacent to an activating group) is 1. The van der Waals surface area contributed by atoms with Crippen molar-refractivity contribution >= 4 is 23.4 Å². The van der Waals surface area contributed by atoms with E-state index in [2.05, 4.69) is 25.6 Å². The Hall–Kier alpha value is -3.88. The number of hydrogen-bond acceptors (Lipinski definition) is 8. The smallest absolute Gasteiger partial charge is 0.246 e. The molecule has 0 aliphatic carbocycles. The molecule has 3 aromatic rings. The third kappa shape index (κ3) is 4.56. The van der Waals surface area contributed by atoms with Crippen molar-refractivity contribution in [3.63, 3.8) is 0 Å². The number of hydrogen-bond donors (Lipinski definition) is 2. The van der Waals surface area contributed by atoms with Crippen LogP contribution in [-0.4, -0.2) is 41.1 Å². The van der Waals surface area contributed by atoms with Crippen molar-refractivity contribution in [2.75, 3.05) is 29.7 Å². The van der Waals surface area contributed by atoms with Crippen LogP contribution < -0.4 is 25.0 Å². The van der Waals surface area contributed by atoms with Gasteiger partial charge in [-0.25, -0.2) is 9.97 Å². The number of amides is 1. The summed E-state index contributed by atoms with van der Waals surface area (Å²) in [4.78, 5) is 27.2. The highest BCUT2D eigenvalue weighted by Gasteiger charge is 2.30. The van der Waals surface area contributed by atoms with Crippen LogP contribution in [0.2, 0.25) is 0 Å². The topological polar surface area (TPSA) is 102 Å². The second-order valence-corrected chi connectivity index (χ2v) is 7.60. The number of ether oxygens (including phenoxy) is 2. The number of aryl methyl sites for hydroxylation is 1. The molecule has 1 aromatic carbocycles. The van der Waals surface area contributed by atoms with Crippen LogP contribution in [0, 0.1) is 6.92 Å². The molecule has 9 heteroatoms. The van der Waals surface area contributed by atoms with Gasteiger partial charge in [0.05, 0.1) is 12.8 Å². The molecule has 166 valence electrons. The maximum absolute atomic E-state index is 12.1. The van der Waals surface area contributed by atoms with Crippen LogP contribution in [0.4, 0.5) is 17.5 Å². The average Bonchev–Trinajstić information content (AvgIpc) is 2.82. The van der Waals surface area contributed by atoms with Crippen molar-refractivity contribution in [1.82, 2.24) is 15.0 Å². The van der Waals surface area contributed by atoms with Gasteiger partial charge in [0.25, 0.3) is 0 Å². The van der Waals surface area contributed by atoms with Crippen LogP contribution in [-0.2, 0) is 17.9 Å². The molecule has 32 heavy (non-hydrogen) atoms. The predicted molar refractivity (Wildman–Crippen MR) is 122 cm³/mol. The van der Waals surface area contributed by atoms with Gasteiger partial charge < -0.3 is 25.0 Å². The molecule has 0 fully saturated rings. The van der Waals surface area contributed by atoms with E-state index in [9.17, 15) is 4.79 Å². The standard InChI is InChI=1S/C23H26N6O3/c1-14-20-21(29(3)15(2)22(30)27-20)28-23(26-14)25-11-16-5-8-18(9-6-16)32-13-17-7-10-19(31-4)24-12-17/h5-10,12,15H,11,13H2,1-4H3,(H,27,30)(H,25,26,28). The average molecular weight is 435 g/mol. The molecule has 0 bridgehead atoms. The highest BCUT2D eigenvalue weighted by atomic mass is 16.5. The first-order chi connectivity index (χ1) is 15.4. The summed E-state index contributed by atoms with van der Waals surface area (Å²) in [6, 6.07) is 11.3. The van der Waals surface area contributed by atoms with E-state index in [1.54, 1.807) is 13.3 Å². The number of methoxy groups -OCH3 is 1. The zero-order chi connectivity index (χ0) is 22.7. The van der Waals surface area contributed by atoms with E-state index < -0.39 is 0 Å². The van der Waals surface area contributed by atoms with Crippen LogP contribution in [0.3, 0.4) is 0 Å². The summed E-state index contributed by atoms with van der Waals surface area (Å²) in [7, 11) is 3.45. The van der Waals surface area contributed by atoms with Crippen LogP contribution in [0.1, 0.15) is 23.7 Å². The number of carbonyl (C=O) groups is 1. The summed E-state index contributed by atoms with van der Waals surface area (Å²) < 4.78 is 10.9. The summed E-state index contributed by atoms with van der Waals surface area (Å²) in [5.41, 5.74) is 3.42. The maximum atomic E-state index is 12.1. The minimum atomic E-state index is -0.286. The van der Waals surface area contributed by atoms with Gasteiger partial charge >= 0.3 is 0 Å². The number of nitrogens with zero attached hydrogens (tertiary/aromatic N) is 4. The molecule has 0 spiro atoms. The molecule has 2 aromatic heterocycles. The van der Waals surface area contributed by atoms with Crippen LogP contribution in [0.5, 0.6) is 11.6 Å². The van der Waals surface area contributed by atoms with Crippen LogP contribution in [0.15, 0.2) is 42.6 Å². The van der Waals surface area contributed by atoms with Crippen molar-refractivity contribution in [2.45, 2.75) is 33.0 Å². The summed E-state index contributed by atoms with van der Waals surface area (Å²) in [6.07, 6.45) is 1.74. The minimum absolute atomic E-state index is 0.0574. The second kappa shape index (κ2) is 9.09. The van der Waals surface area contributed by atoms with Gasteiger partial charge in [-0.3, -0.25) is 4.79 Å². The van der Waals surface area contributed by atoms with E-state index in [1.807, 2.05) is 62.2 Å². The van der Waals surface area contributed by atoms with E-state index in [0.29, 0.717) is 36.5 Å². The lowest BCUT2D eigenvalue weighted by atomic mass is 10.2. The first-order valence-corrected chi connectivity index (χ1v) is 10.3. The molecule has 3 heterocycles. The predicted octanol–water partition coefficient (Wildman–Crippen LogP) is 3.16. The number of fused-ring (bicyclic) bond motifs is 1. The number of pyridine rings is 1. The Kier molecular flexibility index (Phi) is 6.07. The summed E-state index contributed by atoms with van der Waals surface area (Å²) >= 11 is 0. The lowest BCUT2D eigenvalue weighted by Gasteiger charge is -2.32. The quantitative estimate of drug-likeness (QED) is 0.585. The van der Waals surface area contributed by atoms with Gasteiger partial charge in [-0.2, -0.15) is 4.98 Å². The molecule has 1 atom stereocenters. The van der Waals surface area contributed by atoms with Crippen molar-refractivity contribution in [3.05, 3.63) is 59.4 Å². The molecule has 0 saturated carbocycles. The normalized spacial score (nSPS) is 15.1. The Morgan fingerprint density at radius 1 is 1.12 bits per heavy atom. The summed E-state index contributed by atoms with van der Waals surface area (Å²) in [6.45, 7) is 4.70. The fourth-order valence-electron chi connectivity index (χ4n) is 3.29. The first-order valence-electron chi connectivity index (χ1n) is 10.3. The van der Waals surface area contributed by atoms with E-state index in [-0.39, 0.29) is 11.9 Å².